The van der Waals surface area contributed by atoms with Crippen LogP contribution in [0.25, 0.3) is 0 Å². The Morgan fingerprint density at radius 3 is 2.50 bits per heavy atom. The molecule has 0 aliphatic rings. The Morgan fingerprint density at radius 1 is 1.50 bits per heavy atom. The highest BCUT2D eigenvalue weighted by Gasteiger charge is 2.11. The first-order valence-corrected chi connectivity index (χ1v) is 4.72. The third-order valence-electron chi connectivity index (χ3n) is 1.45. The third kappa shape index (κ3) is 2.00. The number of benzene rings is 1. The molecule has 0 amide bonds. The maximum atomic E-state index is 10.9. The van der Waals surface area contributed by atoms with Gasteiger partial charge in [-0.05, 0) is 36.2 Å². The summed E-state index contributed by atoms with van der Waals surface area (Å²) in [6, 6.07) is 3.44. The smallest absolute Gasteiger partial charge is 0.254 e. The Balaban J connectivity index is 3.38. The fraction of sp³-hybridized carbons (Fsp3) is 0.125. The lowest BCUT2D eigenvalue weighted by Gasteiger charge is -2.03. The van der Waals surface area contributed by atoms with Crippen LogP contribution in [0.3, 0.4) is 0 Å². The quantitative estimate of drug-likeness (QED) is 0.708. The molecule has 1 nitrogen and oxygen atoms in total. The second kappa shape index (κ2) is 3.77. The molecule has 4 heteroatoms. The molecular formula is C8H5BrCl2O. The molecule has 1 aromatic rings. The van der Waals surface area contributed by atoms with Gasteiger partial charge in [0.05, 0.1) is 10.6 Å². The molecule has 0 saturated heterocycles. The van der Waals surface area contributed by atoms with Gasteiger partial charge in [0.2, 0.25) is 0 Å². The molecule has 0 aliphatic carbocycles. The first-order valence-electron chi connectivity index (χ1n) is 3.18. The van der Waals surface area contributed by atoms with Crippen molar-refractivity contribution in [2.45, 2.75) is 6.92 Å². The summed E-state index contributed by atoms with van der Waals surface area (Å²) in [6.07, 6.45) is 0. The van der Waals surface area contributed by atoms with Crippen molar-refractivity contribution in [3.63, 3.8) is 0 Å². The van der Waals surface area contributed by atoms with Crippen LogP contribution in [0, 0.1) is 6.92 Å². The van der Waals surface area contributed by atoms with Crippen molar-refractivity contribution < 1.29 is 4.79 Å². The summed E-state index contributed by atoms with van der Waals surface area (Å²) in [5.74, 6) is 0. The van der Waals surface area contributed by atoms with E-state index in [2.05, 4.69) is 15.9 Å². The second-order valence-corrected chi connectivity index (χ2v) is 4.02. The van der Waals surface area contributed by atoms with E-state index in [9.17, 15) is 4.79 Å². The lowest BCUT2D eigenvalue weighted by molar-refractivity contribution is 0.108. The van der Waals surface area contributed by atoms with Gasteiger partial charge >= 0.3 is 0 Å². The molecule has 12 heavy (non-hydrogen) atoms. The second-order valence-electron chi connectivity index (χ2n) is 2.35. The lowest BCUT2D eigenvalue weighted by Crippen LogP contribution is -1.94. The zero-order chi connectivity index (χ0) is 9.30. The van der Waals surface area contributed by atoms with Gasteiger partial charge in [0.25, 0.3) is 5.24 Å². The summed E-state index contributed by atoms with van der Waals surface area (Å²) in [7, 11) is 0. The molecule has 1 rings (SSSR count). The highest BCUT2D eigenvalue weighted by Crippen LogP contribution is 2.26. The van der Waals surface area contributed by atoms with Crippen molar-refractivity contribution in [1.82, 2.24) is 0 Å². The minimum absolute atomic E-state index is 0.376. The van der Waals surface area contributed by atoms with Crippen LogP contribution in [0.2, 0.25) is 5.02 Å². The number of aryl methyl sites for hydroxylation is 1. The highest BCUT2D eigenvalue weighted by molar-refractivity contribution is 9.10. The van der Waals surface area contributed by atoms with E-state index in [0.717, 1.165) is 10.0 Å². The maximum absolute atomic E-state index is 10.9. The summed E-state index contributed by atoms with van der Waals surface area (Å²) in [4.78, 5) is 10.9. The molecule has 0 aliphatic heterocycles. The normalized spacial score (nSPS) is 10.0. The molecule has 0 bridgehead atoms. The molecule has 0 radical (unpaired) electrons. The average Bonchev–Trinajstić information content (AvgIpc) is 1.82. The largest absolute Gasteiger partial charge is 0.276 e. The van der Waals surface area contributed by atoms with E-state index in [4.69, 9.17) is 23.2 Å². The van der Waals surface area contributed by atoms with Gasteiger partial charge < -0.3 is 0 Å². The van der Waals surface area contributed by atoms with Crippen LogP contribution in [0.4, 0.5) is 0 Å². The SMILES string of the molecule is Cc1cc(Br)cc(Cl)c1C(=O)Cl. The monoisotopic (exact) mass is 266 g/mol. The Hall–Kier alpha value is -0.0500. The Labute approximate surface area is 88.8 Å². The van der Waals surface area contributed by atoms with Gasteiger partial charge in [0.15, 0.2) is 0 Å². The summed E-state index contributed by atoms with van der Waals surface area (Å²) in [5, 5.41) is -0.146. The van der Waals surface area contributed by atoms with Crippen LogP contribution in [0.5, 0.6) is 0 Å². The third-order valence-corrected chi connectivity index (χ3v) is 2.39. The van der Waals surface area contributed by atoms with Crippen LogP contribution < -0.4 is 0 Å². The molecule has 0 heterocycles. The summed E-state index contributed by atoms with van der Waals surface area (Å²) >= 11 is 14.4. The van der Waals surface area contributed by atoms with E-state index in [-0.39, 0.29) is 0 Å². The van der Waals surface area contributed by atoms with Crippen LogP contribution >= 0.6 is 39.1 Å². The molecule has 0 unspecified atom stereocenters. The molecule has 1 aromatic carbocycles. The number of hydrogen-bond acceptors (Lipinski definition) is 1. The number of halogens is 3. The van der Waals surface area contributed by atoms with Gasteiger partial charge in [-0.1, -0.05) is 27.5 Å². The van der Waals surface area contributed by atoms with Gasteiger partial charge in [-0.15, -0.1) is 0 Å². The minimum atomic E-state index is -0.523. The van der Waals surface area contributed by atoms with Gasteiger partial charge in [0, 0.05) is 4.47 Å². The molecule has 64 valence electrons. The van der Waals surface area contributed by atoms with E-state index >= 15 is 0 Å². The fourth-order valence-electron chi connectivity index (χ4n) is 0.951. The van der Waals surface area contributed by atoms with Crippen molar-refractivity contribution in [2.75, 3.05) is 0 Å². The fourth-order valence-corrected chi connectivity index (χ4v) is 2.31. The van der Waals surface area contributed by atoms with Gasteiger partial charge in [-0.3, -0.25) is 4.79 Å². The van der Waals surface area contributed by atoms with Crippen LogP contribution in [0.1, 0.15) is 15.9 Å². The topological polar surface area (TPSA) is 17.1 Å². The predicted octanol–water partition coefficient (Wildman–Crippen LogP) is 3.79. The van der Waals surface area contributed by atoms with E-state index in [1.807, 2.05) is 0 Å². The molecule has 0 atom stereocenters. The number of hydrogen-bond donors (Lipinski definition) is 0. The zero-order valence-electron chi connectivity index (χ0n) is 6.20. The Bertz CT molecular complexity index is 313. The number of carbonyl (C=O) groups excluding carboxylic acids is 1. The molecule has 0 N–H and O–H groups in total. The van der Waals surface area contributed by atoms with Crippen LogP contribution in [0.15, 0.2) is 16.6 Å². The lowest BCUT2D eigenvalue weighted by atomic mass is 10.1. The first kappa shape index (κ1) is 10.0. The van der Waals surface area contributed by atoms with Crippen molar-refractivity contribution >= 4 is 44.4 Å². The van der Waals surface area contributed by atoms with Gasteiger partial charge in [0.1, 0.15) is 0 Å². The van der Waals surface area contributed by atoms with E-state index < -0.39 is 5.24 Å². The average molecular weight is 268 g/mol. The Morgan fingerprint density at radius 2 is 2.08 bits per heavy atom. The summed E-state index contributed by atoms with van der Waals surface area (Å²) < 4.78 is 0.840. The standard InChI is InChI=1S/C8H5BrCl2O/c1-4-2-5(9)3-6(10)7(4)8(11)12/h2-3H,1H3. The van der Waals surface area contributed by atoms with Gasteiger partial charge in [-0.2, -0.15) is 0 Å². The van der Waals surface area contributed by atoms with E-state index in [1.54, 1.807) is 19.1 Å². The summed E-state index contributed by atoms with van der Waals surface area (Å²) in [6.45, 7) is 1.78. The number of carbonyl (C=O) groups is 1. The molecular weight excluding hydrogens is 263 g/mol. The number of rotatable bonds is 1. The maximum Gasteiger partial charge on any atom is 0.254 e. The van der Waals surface area contributed by atoms with Crippen LogP contribution in [-0.4, -0.2) is 5.24 Å². The zero-order valence-corrected chi connectivity index (χ0v) is 9.29. The predicted molar refractivity (Wildman–Crippen MR) is 54.1 cm³/mol. The molecule has 0 aromatic heterocycles. The van der Waals surface area contributed by atoms with Gasteiger partial charge in [-0.25, -0.2) is 0 Å². The first-order chi connectivity index (χ1) is 5.52. The minimum Gasteiger partial charge on any atom is -0.276 e. The Kier molecular flexibility index (Phi) is 3.16. The van der Waals surface area contributed by atoms with Crippen molar-refractivity contribution in [3.05, 3.63) is 32.8 Å². The summed E-state index contributed by atoms with van der Waals surface area (Å²) in [5.41, 5.74) is 1.15. The van der Waals surface area contributed by atoms with Crippen molar-refractivity contribution in [2.24, 2.45) is 0 Å². The van der Waals surface area contributed by atoms with E-state index in [1.165, 1.54) is 0 Å². The highest BCUT2D eigenvalue weighted by atomic mass is 79.9. The van der Waals surface area contributed by atoms with Crippen molar-refractivity contribution in [1.29, 1.82) is 0 Å². The molecule has 0 fully saturated rings. The molecule has 0 spiro atoms. The van der Waals surface area contributed by atoms with Crippen LogP contribution in [-0.2, 0) is 0 Å². The van der Waals surface area contributed by atoms with Crippen molar-refractivity contribution in [3.8, 4) is 0 Å². The van der Waals surface area contributed by atoms with E-state index in [0.29, 0.717) is 10.6 Å². The molecule has 0 saturated carbocycles.